The zero-order valence-electron chi connectivity index (χ0n) is 17.5. The number of fused-ring (bicyclic) bond motifs is 1. The highest BCUT2D eigenvalue weighted by Gasteiger charge is 2.25. The van der Waals surface area contributed by atoms with Gasteiger partial charge in [0.2, 0.25) is 5.91 Å². The summed E-state index contributed by atoms with van der Waals surface area (Å²) >= 11 is 0. The summed E-state index contributed by atoms with van der Waals surface area (Å²) in [5, 5.41) is 2.81. The van der Waals surface area contributed by atoms with E-state index in [9.17, 15) is 4.79 Å². The van der Waals surface area contributed by atoms with Crippen LogP contribution in [0.25, 0.3) is 11.0 Å². The molecular formula is C21H30FN3O4. The highest BCUT2D eigenvalue weighted by atomic mass is 19.1. The van der Waals surface area contributed by atoms with Crippen molar-refractivity contribution < 1.29 is 23.4 Å². The third kappa shape index (κ3) is 5.18. The van der Waals surface area contributed by atoms with Crippen LogP contribution in [-0.4, -0.2) is 46.9 Å². The first-order valence-corrected chi connectivity index (χ1v) is 10.2. The average molecular weight is 407 g/mol. The number of carbonyl (C=O) groups is 1. The first-order valence-electron chi connectivity index (χ1n) is 10.2. The smallest absolute Gasteiger partial charge is 0.297 e. The maximum Gasteiger partial charge on any atom is 0.297 e. The molecule has 2 aromatic rings. The molecule has 7 nitrogen and oxygen atoms in total. The molecule has 0 saturated heterocycles. The normalized spacial score (nSPS) is 20.4. The van der Waals surface area contributed by atoms with E-state index >= 15 is 4.39 Å². The molecule has 3 rings (SSSR count). The molecule has 1 N–H and O–H groups in total. The topological polar surface area (TPSA) is 74.6 Å². The predicted molar refractivity (Wildman–Crippen MR) is 108 cm³/mol. The number of nitrogens with zero attached hydrogens (tertiary/aromatic N) is 2. The van der Waals surface area contributed by atoms with Crippen molar-refractivity contribution in [2.45, 2.75) is 64.7 Å². The van der Waals surface area contributed by atoms with E-state index in [1.54, 1.807) is 23.7 Å². The zero-order chi connectivity index (χ0) is 21.0. The lowest BCUT2D eigenvalue weighted by molar-refractivity contribution is -0.120. The molecular weight excluding hydrogens is 377 g/mol. The molecule has 0 aliphatic heterocycles. The number of amides is 1. The number of nitrogens with one attached hydrogen (secondary N) is 1. The van der Waals surface area contributed by atoms with Gasteiger partial charge in [-0.2, -0.15) is 4.98 Å². The Hall–Kier alpha value is -2.35. The van der Waals surface area contributed by atoms with Crippen LogP contribution in [0.3, 0.4) is 0 Å². The number of hydrogen-bond donors (Lipinski definition) is 1. The number of halogens is 1. The van der Waals surface area contributed by atoms with E-state index in [4.69, 9.17) is 14.2 Å². The van der Waals surface area contributed by atoms with Crippen molar-refractivity contribution in [2.75, 3.05) is 13.2 Å². The zero-order valence-corrected chi connectivity index (χ0v) is 17.5. The number of ether oxygens (including phenoxy) is 3. The first kappa shape index (κ1) is 21.4. The number of rotatable bonds is 8. The van der Waals surface area contributed by atoms with Gasteiger partial charge in [0.15, 0.2) is 11.6 Å². The first-order chi connectivity index (χ1) is 13.9. The molecule has 8 heteroatoms. The van der Waals surface area contributed by atoms with Crippen LogP contribution in [0.1, 0.15) is 46.5 Å². The summed E-state index contributed by atoms with van der Waals surface area (Å²) in [6.07, 6.45) is 3.39. The fourth-order valence-electron chi connectivity index (χ4n) is 3.73. The number of aromatic nitrogens is 2. The van der Waals surface area contributed by atoms with Crippen LogP contribution in [0, 0.1) is 5.82 Å². The van der Waals surface area contributed by atoms with Crippen LogP contribution in [0.2, 0.25) is 0 Å². The molecule has 0 bridgehead atoms. The van der Waals surface area contributed by atoms with Crippen LogP contribution >= 0.6 is 0 Å². The Bertz CT molecular complexity index is 846. The molecule has 0 spiro atoms. The van der Waals surface area contributed by atoms with Crippen molar-refractivity contribution in [3.63, 3.8) is 0 Å². The molecule has 29 heavy (non-hydrogen) atoms. The molecule has 1 saturated carbocycles. The van der Waals surface area contributed by atoms with Gasteiger partial charge in [-0.3, -0.25) is 9.36 Å². The van der Waals surface area contributed by atoms with Crippen molar-refractivity contribution in [3.05, 3.63) is 17.9 Å². The van der Waals surface area contributed by atoms with Gasteiger partial charge in [0.05, 0.1) is 30.9 Å². The molecule has 1 atom stereocenters. The number of carbonyl (C=O) groups excluding carboxylic acids is 1. The van der Waals surface area contributed by atoms with Crippen molar-refractivity contribution in [2.24, 2.45) is 7.05 Å². The molecule has 1 aromatic carbocycles. The van der Waals surface area contributed by atoms with Crippen LogP contribution in [0.4, 0.5) is 4.39 Å². The second-order valence-corrected chi connectivity index (χ2v) is 7.58. The summed E-state index contributed by atoms with van der Waals surface area (Å²) in [6, 6.07) is 3.78. The average Bonchev–Trinajstić information content (AvgIpc) is 2.99. The fourth-order valence-corrected chi connectivity index (χ4v) is 3.73. The molecule has 1 fully saturated rings. The van der Waals surface area contributed by atoms with Crippen LogP contribution in [0.5, 0.6) is 11.8 Å². The quantitative estimate of drug-likeness (QED) is 0.726. The highest BCUT2D eigenvalue weighted by molar-refractivity contribution is 5.79. The largest absolute Gasteiger partial charge is 0.487 e. The Kier molecular flexibility index (Phi) is 6.95. The molecule has 1 heterocycles. The minimum atomic E-state index is -0.411. The third-order valence-corrected chi connectivity index (χ3v) is 5.12. The monoisotopic (exact) mass is 407 g/mol. The van der Waals surface area contributed by atoms with Gasteiger partial charge >= 0.3 is 0 Å². The Morgan fingerprint density at radius 1 is 1.31 bits per heavy atom. The minimum Gasteiger partial charge on any atom is -0.487 e. The molecule has 1 aromatic heterocycles. The minimum absolute atomic E-state index is 0.0113. The number of hydrogen-bond acceptors (Lipinski definition) is 5. The second-order valence-electron chi connectivity index (χ2n) is 7.58. The lowest BCUT2D eigenvalue weighted by Crippen LogP contribution is -2.36. The van der Waals surface area contributed by atoms with Crippen molar-refractivity contribution in [3.8, 4) is 11.8 Å². The van der Waals surface area contributed by atoms with Crippen LogP contribution in [-0.2, 0) is 16.6 Å². The van der Waals surface area contributed by atoms with E-state index in [1.807, 2.05) is 13.8 Å². The molecule has 1 amide bonds. The highest BCUT2D eigenvalue weighted by Crippen LogP contribution is 2.32. The maximum atomic E-state index is 15.0. The van der Waals surface area contributed by atoms with E-state index in [1.165, 1.54) is 6.92 Å². The number of benzene rings is 1. The van der Waals surface area contributed by atoms with Crippen molar-refractivity contribution >= 4 is 16.9 Å². The van der Waals surface area contributed by atoms with Gasteiger partial charge in [-0.1, -0.05) is 0 Å². The number of aryl methyl sites for hydroxylation is 1. The lowest BCUT2D eigenvalue weighted by atomic mass is 9.95. The fraction of sp³-hybridized carbons (Fsp3) is 0.619. The Balaban J connectivity index is 1.56. The summed E-state index contributed by atoms with van der Waals surface area (Å²) in [4.78, 5) is 15.4. The van der Waals surface area contributed by atoms with Gasteiger partial charge in [-0.05, 0) is 51.7 Å². The number of imidazole rings is 1. The Morgan fingerprint density at radius 2 is 2.00 bits per heavy atom. The summed E-state index contributed by atoms with van der Waals surface area (Å²) in [6.45, 7) is 6.24. The van der Waals surface area contributed by atoms with Gasteiger partial charge in [0, 0.05) is 20.0 Å². The molecule has 160 valence electrons. The summed E-state index contributed by atoms with van der Waals surface area (Å²) in [7, 11) is 1.73. The van der Waals surface area contributed by atoms with Crippen molar-refractivity contribution in [1.82, 2.24) is 14.9 Å². The van der Waals surface area contributed by atoms with Crippen LogP contribution < -0.4 is 14.8 Å². The van der Waals surface area contributed by atoms with E-state index in [-0.39, 0.29) is 29.9 Å². The molecule has 0 unspecified atom stereocenters. The predicted octanol–water partition coefficient (Wildman–Crippen LogP) is 3.34. The Labute approximate surface area is 170 Å². The third-order valence-electron chi connectivity index (χ3n) is 5.12. The van der Waals surface area contributed by atoms with E-state index < -0.39 is 5.82 Å². The molecule has 1 aliphatic rings. The standard InChI is InChI=1S/C21H30FN3O4/c1-5-27-21-24-17-10-11-18(19(22)20(17)25(21)4)29-16-8-6-15(7-9-16)28-12-13(2)23-14(3)26/h10-11,13,15-16H,5-9,12H2,1-4H3,(H,23,26)/t13-,15-,16-/m0/s1. The lowest BCUT2D eigenvalue weighted by Gasteiger charge is -2.30. The van der Waals surface area contributed by atoms with Crippen molar-refractivity contribution in [1.29, 1.82) is 0 Å². The van der Waals surface area contributed by atoms with Gasteiger partial charge in [0.25, 0.3) is 6.01 Å². The van der Waals surface area contributed by atoms with Gasteiger partial charge in [-0.15, -0.1) is 0 Å². The van der Waals surface area contributed by atoms with Crippen LogP contribution in [0.15, 0.2) is 12.1 Å². The van der Waals surface area contributed by atoms with Gasteiger partial charge < -0.3 is 19.5 Å². The summed E-state index contributed by atoms with van der Waals surface area (Å²) in [5.74, 6) is -0.225. The van der Waals surface area contributed by atoms with E-state index in [2.05, 4.69) is 10.3 Å². The molecule has 0 radical (unpaired) electrons. The van der Waals surface area contributed by atoms with Gasteiger partial charge in [-0.25, -0.2) is 4.39 Å². The second kappa shape index (κ2) is 9.43. The van der Waals surface area contributed by atoms with Gasteiger partial charge in [0.1, 0.15) is 5.52 Å². The SMILES string of the molecule is CCOc1nc2ccc(O[C@H]3CC[C@H](OC[C@H](C)NC(C)=O)CC3)c(F)c2n1C. The molecule has 1 aliphatic carbocycles. The Morgan fingerprint density at radius 3 is 2.66 bits per heavy atom. The maximum absolute atomic E-state index is 15.0. The van der Waals surface area contributed by atoms with E-state index in [0.29, 0.717) is 30.3 Å². The summed E-state index contributed by atoms with van der Waals surface area (Å²) < 4.78 is 34.0. The van der Waals surface area contributed by atoms with E-state index in [0.717, 1.165) is 25.7 Å². The summed E-state index contributed by atoms with van der Waals surface area (Å²) in [5.41, 5.74) is 0.932.